The van der Waals surface area contributed by atoms with E-state index in [2.05, 4.69) is 6.26 Å². The van der Waals surface area contributed by atoms with E-state index >= 15 is 0 Å². The summed E-state index contributed by atoms with van der Waals surface area (Å²) in [4.78, 5) is 13.7. The summed E-state index contributed by atoms with van der Waals surface area (Å²) in [5.41, 5.74) is -0.395. The van der Waals surface area contributed by atoms with Gasteiger partial charge in [0.1, 0.15) is 5.60 Å². The van der Waals surface area contributed by atoms with Crippen LogP contribution in [0.2, 0.25) is 0 Å². The molecule has 0 aromatic heterocycles. The third kappa shape index (κ3) is 4.15. The molecule has 0 aliphatic carbocycles. The molecule has 15 heavy (non-hydrogen) atoms. The van der Waals surface area contributed by atoms with Gasteiger partial charge in [-0.25, -0.2) is 4.79 Å². The van der Waals surface area contributed by atoms with E-state index in [1.807, 2.05) is 25.7 Å². The SMILES string of the molecule is CSCC1CSCN1C(=O)OC(C)(C)C. The van der Waals surface area contributed by atoms with Gasteiger partial charge in [-0.05, 0) is 27.0 Å². The monoisotopic (exact) mass is 249 g/mol. The number of nitrogens with zero attached hydrogens (tertiary/aromatic N) is 1. The molecule has 1 atom stereocenters. The zero-order valence-corrected chi connectivity index (χ0v) is 11.4. The van der Waals surface area contributed by atoms with Crippen LogP contribution in [0, 0.1) is 0 Å². The van der Waals surface area contributed by atoms with Gasteiger partial charge in [-0.2, -0.15) is 11.8 Å². The molecule has 0 saturated carbocycles. The van der Waals surface area contributed by atoms with Crippen LogP contribution in [0.5, 0.6) is 0 Å². The number of rotatable bonds is 2. The van der Waals surface area contributed by atoms with Crippen molar-refractivity contribution in [3.63, 3.8) is 0 Å². The van der Waals surface area contributed by atoms with E-state index < -0.39 is 5.60 Å². The smallest absolute Gasteiger partial charge is 0.411 e. The molecule has 5 heteroatoms. The topological polar surface area (TPSA) is 29.5 Å². The summed E-state index contributed by atoms with van der Waals surface area (Å²) in [6.45, 7) is 5.70. The molecule has 0 aromatic carbocycles. The second-order valence-corrected chi connectivity index (χ2v) is 6.47. The zero-order valence-electron chi connectivity index (χ0n) is 9.78. The third-order valence-electron chi connectivity index (χ3n) is 1.97. The second kappa shape index (κ2) is 5.34. The van der Waals surface area contributed by atoms with Gasteiger partial charge < -0.3 is 4.74 Å². The summed E-state index contributed by atoms with van der Waals surface area (Å²) in [7, 11) is 0. The van der Waals surface area contributed by atoms with Crippen LogP contribution in [-0.2, 0) is 4.74 Å². The van der Waals surface area contributed by atoms with Crippen molar-refractivity contribution in [1.82, 2.24) is 4.90 Å². The van der Waals surface area contributed by atoms with Gasteiger partial charge in [-0.1, -0.05) is 0 Å². The highest BCUT2D eigenvalue weighted by Crippen LogP contribution is 2.25. The number of ether oxygens (including phenoxy) is 1. The maximum absolute atomic E-state index is 11.8. The van der Waals surface area contributed by atoms with Crippen molar-refractivity contribution < 1.29 is 9.53 Å². The van der Waals surface area contributed by atoms with Gasteiger partial charge in [0.15, 0.2) is 0 Å². The molecular formula is C10H19NO2S2. The van der Waals surface area contributed by atoms with Gasteiger partial charge in [0.25, 0.3) is 0 Å². The van der Waals surface area contributed by atoms with E-state index in [9.17, 15) is 4.79 Å². The minimum atomic E-state index is -0.395. The zero-order chi connectivity index (χ0) is 11.5. The van der Waals surface area contributed by atoms with Gasteiger partial charge in [0, 0.05) is 11.5 Å². The molecule has 1 amide bonds. The van der Waals surface area contributed by atoms with Gasteiger partial charge in [-0.3, -0.25) is 4.90 Å². The fourth-order valence-electron chi connectivity index (χ4n) is 1.34. The Bertz CT molecular complexity index is 228. The Morgan fingerprint density at radius 3 is 2.80 bits per heavy atom. The third-order valence-corrected chi connectivity index (χ3v) is 3.77. The maximum atomic E-state index is 11.8. The van der Waals surface area contributed by atoms with Crippen LogP contribution < -0.4 is 0 Å². The molecule has 1 aliphatic rings. The van der Waals surface area contributed by atoms with Crippen molar-refractivity contribution in [2.24, 2.45) is 0 Å². The van der Waals surface area contributed by atoms with Crippen molar-refractivity contribution in [3.8, 4) is 0 Å². The molecule has 1 saturated heterocycles. The average Bonchev–Trinajstić information content (AvgIpc) is 2.49. The Labute approximate surface area is 100 Å². The number of hydrogen-bond acceptors (Lipinski definition) is 4. The number of hydrogen-bond donors (Lipinski definition) is 0. The summed E-state index contributed by atoms with van der Waals surface area (Å²) in [5.74, 6) is 2.78. The minimum absolute atomic E-state index is 0.174. The van der Waals surface area contributed by atoms with E-state index in [1.165, 1.54) is 0 Å². The number of amides is 1. The van der Waals surface area contributed by atoms with Crippen LogP contribution in [0.4, 0.5) is 4.79 Å². The molecule has 1 unspecified atom stereocenters. The van der Waals surface area contributed by atoms with Crippen molar-refractivity contribution in [1.29, 1.82) is 0 Å². The molecule has 1 fully saturated rings. The molecule has 0 N–H and O–H groups in total. The Morgan fingerprint density at radius 1 is 1.60 bits per heavy atom. The molecule has 3 nitrogen and oxygen atoms in total. The van der Waals surface area contributed by atoms with Gasteiger partial charge >= 0.3 is 6.09 Å². The van der Waals surface area contributed by atoms with E-state index in [0.29, 0.717) is 6.04 Å². The molecule has 0 spiro atoms. The molecular weight excluding hydrogens is 230 g/mol. The predicted molar refractivity (Wildman–Crippen MR) is 67.6 cm³/mol. The standard InChI is InChI=1S/C10H19NO2S2/c1-10(2,3)13-9(12)11-7-15-6-8(11)5-14-4/h8H,5-7H2,1-4H3. The molecule has 0 radical (unpaired) electrons. The van der Waals surface area contributed by atoms with Crippen molar-refractivity contribution >= 4 is 29.6 Å². The molecule has 0 aromatic rings. The van der Waals surface area contributed by atoms with E-state index in [4.69, 9.17) is 4.74 Å². The van der Waals surface area contributed by atoms with Crippen molar-refractivity contribution in [3.05, 3.63) is 0 Å². The molecule has 0 bridgehead atoms. The quantitative estimate of drug-likeness (QED) is 0.752. The summed E-state index contributed by atoms with van der Waals surface area (Å²) < 4.78 is 5.36. The lowest BCUT2D eigenvalue weighted by molar-refractivity contribution is 0.0255. The Morgan fingerprint density at radius 2 is 2.27 bits per heavy atom. The summed E-state index contributed by atoms with van der Waals surface area (Å²) in [6, 6.07) is 0.333. The fourth-order valence-corrected chi connectivity index (χ4v) is 3.36. The largest absolute Gasteiger partial charge is 0.444 e. The van der Waals surface area contributed by atoms with Crippen molar-refractivity contribution in [2.45, 2.75) is 32.4 Å². The number of thioether (sulfide) groups is 2. The highest BCUT2D eigenvalue weighted by atomic mass is 32.2. The first-order chi connectivity index (χ1) is 6.94. The maximum Gasteiger partial charge on any atom is 0.411 e. The lowest BCUT2D eigenvalue weighted by atomic mass is 10.2. The first-order valence-electron chi connectivity index (χ1n) is 5.00. The Balaban J connectivity index is 2.51. The minimum Gasteiger partial charge on any atom is -0.444 e. The van der Waals surface area contributed by atoms with Gasteiger partial charge in [0.05, 0.1) is 11.9 Å². The average molecular weight is 249 g/mol. The van der Waals surface area contributed by atoms with Crippen LogP contribution in [-0.4, -0.2) is 46.3 Å². The normalized spacial score (nSPS) is 21.9. The Kier molecular flexibility index (Phi) is 4.64. The van der Waals surface area contributed by atoms with E-state index in [-0.39, 0.29) is 6.09 Å². The highest BCUT2D eigenvalue weighted by molar-refractivity contribution is 8.00. The molecule has 1 aliphatic heterocycles. The fraction of sp³-hybridized carbons (Fsp3) is 0.900. The summed E-state index contributed by atoms with van der Waals surface area (Å²) >= 11 is 3.57. The number of carbonyl (C=O) groups is 1. The summed E-state index contributed by atoms with van der Waals surface area (Å²) in [5, 5.41) is 0. The highest BCUT2D eigenvalue weighted by Gasteiger charge is 2.31. The lowest BCUT2D eigenvalue weighted by Crippen LogP contribution is -2.41. The van der Waals surface area contributed by atoms with E-state index in [1.54, 1.807) is 23.5 Å². The summed E-state index contributed by atoms with van der Waals surface area (Å²) in [6.07, 6.45) is 1.89. The van der Waals surface area contributed by atoms with Gasteiger partial charge in [-0.15, -0.1) is 11.8 Å². The predicted octanol–water partition coefficient (Wildman–Crippen LogP) is 2.66. The first kappa shape index (κ1) is 13.0. The molecule has 1 heterocycles. The van der Waals surface area contributed by atoms with E-state index in [0.717, 1.165) is 17.4 Å². The van der Waals surface area contributed by atoms with Crippen LogP contribution in [0.3, 0.4) is 0 Å². The number of carbonyl (C=O) groups excluding carboxylic acids is 1. The Hall–Kier alpha value is -0.0300. The van der Waals surface area contributed by atoms with Crippen LogP contribution in [0.1, 0.15) is 20.8 Å². The van der Waals surface area contributed by atoms with Crippen molar-refractivity contribution in [2.75, 3.05) is 23.6 Å². The molecule has 88 valence electrons. The second-order valence-electron chi connectivity index (χ2n) is 4.56. The van der Waals surface area contributed by atoms with Gasteiger partial charge in [0.2, 0.25) is 0 Å². The van der Waals surface area contributed by atoms with Crippen LogP contribution >= 0.6 is 23.5 Å². The van der Waals surface area contributed by atoms with Crippen LogP contribution in [0.25, 0.3) is 0 Å². The first-order valence-corrected chi connectivity index (χ1v) is 7.55. The lowest BCUT2D eigenvalue weighted by Gasteiger charge is -2.27. The van der Waals surface area contributed by atoms with Crippen LogP contribution in [0.15, 0.2) is 0 Å². The molecule has 1 rings (SSSR count).